The molecule has 1 aliphatic heterocycles. The summed E-state index contributed by atoms with van der Waals surface area (Å²) < 4.78 is 18.9. The summed E-state index contributed by atoms with van der Waals surface area (Å²) in [6.07, 6.45) is 4.75. The van der Waals surface area contributed by atoms with Gasteiger partial charge in [0.1, 0.15) is 4.58 Å². The van der Waals surface area contributed by atoms with Crippen LogP contribution in [-0.2, 0) is 15.5 Å². The minimum absolute atomic E-state index is 0.171. The lowest BCUT2D eigenvalue weighted by Crippen LogP contribution is -2.57. The van der Waals surface area contributed by atoms with E-state index < -0.39 is 10.8 Å². The van der Waals surface area contributed by atoms with Gasteiger partial charge in [-0.3, -0.25) is 4.21 Å². The first-order valence-corrected chi connectivity index (χ1v) is 9.86. The maximum absolute atomic E-state index is 12.6. The second kappa shape index (κ2) is 4.48. The Morgan fingerprint density at radius 1 is 1.32 bits per heavy atom. The summed E-state index contributed by atoms with van der Waals surface area (Å²) in [4.78, 5) is 0. The molecule has 1 saturated heterocycles. The molecule has 0 aromatic rings. The summed E-state index contributed by atoms with van der Waals surface area (Å²) in [6, 6.07) is 0. The Balaban J connectivity index is 2.03. The molecular weight excluding hydrogens is 276 g/mol. The summed E-state index contributed by atoms with van der Waals surface area (Å²) in [5.41, 5.74) is 0.310. The molecule has 3 fully saturated rings. The number of methoxy groups -OCH3 is 1. The van der Waals surface area contributed by atoms with Gasteiger partial charge in [0.05, 0.1) is 5.60 Å². The molecule has 0 aromatic heterocycles. The molecular formula is C15H26O2S2. The fourth-order valence-corrected chi connectivity index (χ4v) is 9.12. The molecule has 2 nitrogen and oxygen atoms in total. The van der Waals surface area contributed by atoms with Crippen LogP contribution in [0.3, 0.4) is 0 Å². The second-order valence-electron chi connectivity index (χ2n) is 7.23. The molecule has 1 unspecified atom stereocenters. The minimum Gasteiger partial charge on any atom is -0.375 e. The van der Waals surface area contributed by atoms with Crippen LogP contribution < -0.4 is 0 Å². The van der Waals surface area contributed by atoms with Gasteiger partial charge in [0.2, 0.25) is 0 Å². The third-order valence-electron chi connectivity index (χ3n) is 6.66. The summed E-state index contributed by atoms with van der Waals surface area (Å²) in [5, 5.41) is 0. The van der Waals surface area contributed by atoms with Crippen molar-refractivity contribution in [2.24, 2.45) is 16.7 Å². The summed E-state index contributed by atoms with van der Waals surface area (Å²) in [7, 11) is 1.13. The maximum atomic E-state index is 12.6. The molecule has 0 N–H and O–H groups in total. The van der Waals surface area contributed by atoms with Crippen molar-refractivity contribution in [3.05, 3.63) is 0 Å². The van der Waals surface area contributed by atoms with Crippen molar-refractivity contribution in [2.45, 2.75) is 56.6 Å². The van der Waals surface area contributed by atoms with E-state index in [1.807, 2.05) is 18.9 Å². The minimum atomic E-state index is -0.730. The highest BCUT2D eigenvalue weighted by Gasteiger charge is 2.72. The molecule has 5 atom stereocenters. The van der Waals surface area contributed by atoms with E-state index in [0.717, 1.165) is 30.3 Å². The SMILES string of the molecule is CO[C@]1([C@H]2SCCCS2=O)C[C@H]2CC[C@]1(C)C2(C)C. The van der Waals surface area contributed by atoms with Gasteiger partial charge in [0.15, 0.2) is 0 Å². The van der Waals surface area contributed by atoms with Crippen molar-refractivity contribution >= 4 is 22.6 Å². The van der Waals surface area contributed by atoms with Crippen molar-refractivity contribution in [3.63, 3.8) is 0 Å². The zero-order valence-corrected chi connectivity index (χ0v) is 14.2. The summed E-state index contributed by atoms with van der Waals surface area (Å²) in [5.74, 6) is 2.74. The average molecular weight is 303 g/mol. The van der Waals surface area contributed by atoms with E-state index in [1.165, 1.54) is 12.8 Å². The van der Waals surface area contributed by atoms with Crippen molar-refractivity contribution in [2.75, 3.05) is 18.6 Å². The van der Waals surface area contributed by atoms with Gasteiger partial charge in [-0.1, -0.05) is 20.8 Å². The Morgan fingerprint density at radius 3 is 2.53 bits per heavy atom. The van der Waals surface area contributed by atoms with Gasteiger partial charge in [0, 0.05) is 29.1 Å². The standard InChI is InChI=1S/C15H26O2S2/c1-13(2)11-6-7-14(13,3)15(10-11,17-4)12-18-8-5-9-19(12)16/h11-12H,5-10H2,1-4H3/t11-,12+,14-,15+,19?/m1/s1. The fourth-order valence-electron chi connectivity index (χ4n) is 4.98. The lowest BCUT2D eigenvalue weighted by Gasteiger charge is -2.51. The van der Waals surface area contributed by atoms with Crippen molar-refractivity contribution < 1.29 is 8.95 Å². The zero-order chi connectivity index (χ0) is 13.9. The van der Waals surface area contributed by atoms with Crippen LogP contribution in [-0.4, -0.2) is 33.0 Å². The Labute approximate surface area is 123 Å². The van der Waals surface area contributed by atoms with Crippen LogP contribution in [0.15, 0.2) is 0 Å². The third-order valence-corrected chi connectivity index (χ3v) is 10.5. The molecule has 0 spiro atoms. The lowest BCUT2D eigenvalue weighted by molar-refractivity contribution is -0.106. The molecule has 0 radical (unpaired) electrons. The van der Waals surface area contributed by atoms with Gasteiger partial charge in [-0.25, -0.2) is 0 Å². The van der Waals surface area contributed by atoms with Crippen LogP contribution in [0.25, 0.3) is 0 Å². The first-order chi connectivity index (χ1) is 8.89. The topological polar surface area (TPSA) is 26.3 Å². The van der Waals surface area contributed by atoms with E-state index in [0.29, 0.717) is 5.41 Å². The predicted octanol–water partition coefficient (Wildman–Crippen LogP) is 3.43. The molecule has 110 valence electrons. The van der Waals surface area contributed by atoms with Gasteiger partial charge >= 0.3 is 0 Å². The Hall–Kier alpha value is 0.460. The van der Waals surface area contributed by atoms with E-state index in [9.17, 15) is 4.21 Å². The zero-order valence-electron chi connectivity index (χ0n) is 12.5. The van der Waals surface area contributed by atoms with E-state index in [4.69, 9.17) is 4.74 Å². The molecule has 2 aliphatic carbocycles. The van der Waals surface area contributed by atoms with Gasteiger partial charge in [-0.15, -0.1) is 11.8 Å². The van der Waals surface area contributed by atoms with Gasteiger partial charge in [-0.05, 0) is 42.8 Å². The molecule has 4 heteroatoms. The number of fused-ring (bicyclic) bond motifs is 2. The highest BCUT2D eigenvalue weighted by Crippen LogP contribution is 2.72. The van der Waals surface area contributed by atoms with Crippen molar-refractivity contribution in [3.8, 4) is 0 Å². The number of hydrogen-bond acceptors (Lipinski definition) is 3. The Bertz CT molecular complexity index is 409. The van der Waals surface area contributed by atoms with Crippen molar-refractivity contribution in [1.82, 2.24) is 0 Å². The highest BCUT2D eigenvalue weighted by atomic mass is 32.2. The van der Waals surface area contributed by atoms with Crippen LogP contribution >= 0.6 is 11.8 Å². The third kappa shape index (κ3) is 1.63. The average Bonchev–Trinajstić information content (AvgIpc) is 2.70. The predicted molar refractivity (Wildman–Crippen MR) is 82.8 cm³/mol. The molecule has 19 heavy (non-hydrogen) atoms. The van der Waals surface area contributed by atoms with Crippen LogP contribution in [0.1, 0.15) is 46.5 Å². The highest BCUT2D eigenvalue weighted by molar-refractivity contribution is 8.12. The first-order valence-electron chi connectivity index (χ1n) is 7.43. The lowest BCUT2D eigenvalue weighted by atomic mass is 9.65. The number of hydrogen-bond donors (Lipinski definition) is 0. The fraction of sp³-hybridized carbons (Fsp3) is 1.00. The van der Waals surface area contributed by atoms with Crippen LogP contribution in [0.5, 0.6) is 0 Å². The van der Waals surface area contributed by atoms with E-state index in [1.54, 1.807) is 0 Å². The number of rotatable bonds is 2. The van der Waals surface area contributed by atoms with Crippen LogP contribution in [0.4, 0.5) is 0 Å². The monoisotopic (exact) mass is 302 g/mol. The van der Waals surface area contributed by atoms with Crippen LogP contribution in [0, 0.1) is 16.7 Å². The van der Waals surface area contributed by atoms with Gasteiger partial charge < -0.3 is 4.74 Å². The molecule has 2 bridgehead atoms. The van der Waals surface area contributed by atoms with Gasteiger partial charge in [0.25, 0.3) is 0 Å². The second-order valence-corrected chi connectivity index (χ2v) is 10.4. The maximum Gasteiger partial charge on any atom is 0.110 e. The molecule has 0 aromatic carbocycles. The molecule has 1 heterocycles. The van der Waals surface area contributed by atoms with E-state index in [2.05, 4.69) is 20.8 Å². The normalized spacial score (nSPS) is 52.5. The Morgan fingerprint density at radius 2 is 2.05 bits per heavy atom. The molecule has 3 aliphatic rings. The quantitative estimate of drug-likeness (QED) is 0.782. The molecule has 3 rings (SSSR count). The van der Waals surface area contributed by atoms with E-state index >= 15 is 0 Å². The smallest absolute Gasteiger partial charge is 0.110 e. The Kier molecular flexibility index (Phi) is 3.39. The van der Waals surface area contributed by atoms with Gasteiger partial charge in [-0.2, -0.15) is 0 Å². The van der Waals surface area contributed by atoms with Crippen LogP contribution in [0.2, 0.25) is 0 Å². The molecule has 2 saturated carbocycles. The van der Waals surface area contributed by atoms with E-state index in [-0.39, 0.29) is 15.6 Å². The van der Waals surface area contributed by atoms with Crippen molar-refractivity contribution in [1.29, 1.82) is 0 Å². The largest absolute Gasteiger partial charge is 0.375 e. The number of ether oxygens (including phenoxy) is 1. The first kappa shape index (κ1) is 14.4. The summed E-state index contributed by atoms with van der Waals surface area (Å²) in [6.45, 7) is 7.21. The molecule has 0 amide bonds. The number of thioether (sulfide) groups is 1. The summed E-state index contributed by atoms with van der Waals surface area (Å²) >= 11 is 1.91.